The molecule has 0 atom stereocenters. The molecule has 2 N–H and O–H groups in total. The number of para-hydroxylation sites is 1. The van der Waals surface area contributed by atoms with Crippen molar-refractivity contribution in [2.45, 2.75) is 36.6 Å². The number of nitrogens with two attached hydrogens (primary N) is 1. The first-order valence-electron chi connectivity index (χ1n) is 8.27. The quantitative estimate of drug-likeness (QED) is 0.516. The number of hydrogen-bond donors (Lipinski definition) is 1. The number of carbonyl (C=O) groups excluding carboxylic acids is 1. The van der Waals surface area contributed by atoms with Gasteiger partial charge in [-0.15, -0.1) is 21.5 Å². The van der Waals surface area contributed by atoms with Crippen LogP contribution in [0.25, 0.3) is 0 Å². The molecule has 7 nitrogen and oxygen atoms in total. The molecule has 1 amide bonds. The van der Waals surface area contributed by atoms with Crippen LogP contribution in [-0.2, 0) is 10.5 Å². The minimum Gasteiger partial charge on any atom is -0.336 e. The second-order valence-electron chi connectivity index (χ2n) is 6.09. The molecule has 1 aromatic carbocycles. The molecule has 2 heterocycles. The average Bonchev–Trinajstić information content (AvgIpc) is 3.26. The van der Waals surface area contributed by atoms with E-state index in [1.165, 1.54) is 23.1 Å². The molecule has 2 aromatic heterocycles. The monoisotopic (exact) mass is 386 g/mol. The molecule has 1 aliphatic carbocycles. The van der Waals surface area contributed by atoms with Gasteiger partial charge in [-0.25, -0.2) is 9.66 Å². The van der Waals surface area contributed by atoms with Crippen molar-refractivity contribution >= 4 is 39.8 Å². The summed E-state index contributed by atoms with van der Waals surface area (Å²) in [4.78, 5) is 18.3. The molecule has 9 heteroatoms. The number of aromatic nitrogens is 4. The Kier molecular flexibility index (Phi) is 4.64. The van der Waals surface area contributed by atoms with Crippen molar-refractivity contribution < 1.29 is 4.79 Å². The highest BCUT2D eigenvalue weighted by molar-refractivity contribution is 7.98. The summed E-state index contributed by atoms with van der Waals surface area (Å²) < 4.78 is 1.58. The molecule has 1 fully saturated rings. The van der Waals surface area contributed by atoms with E-state index < -0.39 is 0 Å². The predicted molar refractivity (Wildman–Crippen MR) is 103 cm³/mol. The number of anilines is 2. The van der Waals surface area contributed by atoms with Crippen LogP contribution < -0.4 is 10.7 Å². The average molecular weight is 387 g/mol. The number of thiazole rings is 1. The number of nitrogen functional groups attached to an aromatic ring is 1. The molecule has 3 aromatic rings. The lowest BCUT2D eigenvalue weighted by molar-refractivity contribution is -0.115. The van der Waals surface area contributed by atoms with Crippen LogP contribution in [0.3, 0.4) is 0 Å². The van der Waals surface area contributed by atoms with E-state index >= 15 is 0 Å². The minimum atomic E-state index is -0.0690. The molecule has 0 bridgehead atoms. The van der Waals surface area contributed by atoms with Crippen LogP contribution in [0.2, 0.25) is 0 Å². The molecule has 0 aliphatic heterocycles. The van der Waals surface area contributed by atoms with E-state index in [0.29, 0.717) is 22.0 Å². The van der Waals surface area contributed by atoms with Crippen molar-refractivity contribution in [2.75, 3.05) is 10.7 Å². The Morgan fingerprint density at radius 1 is 1.35 bits per heavy atom. The number of hydrogen-bond acceptors (Lipinski definition) is 7. The van der Waals surface area contributed by atoms with E-state index in [2.05, 4.69) is 15.2 Å². The van der Waals surface area contributed by atoms with Gasteiger partial charge >= 0.3 is 0 Å². The van der Waals surface area contributed by atoms with Crippen molar-refractivity contribution in [3.8, 4) is 0 Å². The standard InChI is InChI=1S/C17H18N6OS2/c1-11(24)22(14-5-3-2-4-6-14)16-19-13(9-25-16)10-26-17-21-20-15(23(17)18)12-7-8-12/h2-6,9,12H,7-8,10,18H2,1H3. The van der Waals surface area contributed by atoms with Gasteiger partial charge in [0.15, 0.2) is 11.0 Å². The Hall–Kier alpha value is -2.39. The number of benzene rings is 1. The second-order valence-corrected chi connectivity index (χ2v) is 7.86. The number of carbonyl (C=O) groups is 1. The fourth-order valence-corrected chi connectivity index (χ4v) is 4.36. The summed E-state index contributed by atoms with van der Waals surface area (Å²) in [7, 11) is 0. The second kappa shape index (κ2) is 7.08. The fraction of sp³-hybridized carbons (Fsp3) is 0.294. The van der Waals surface area contributed by atoms with Gasteiger partial charge in [0.2, 0.25) is 11.1 Å². The first-order chi connectivity index (χ1) is 12.6. The summed E-state index contributed by atoms with van der Waals surface area (Å²) in [5.74, 6) is 7.95. The number of thioether (sulfide) groups is 1. The third-order valence-corrected chi connectivity index (χ3v) is 5.89. The van der Waals surface area contributed by atoms with Gasteiger partial charge in [-0.1, -0.05) is 30.0 Å². The van der Waals surface area contributed by atoms with E-state index in [1.54, 1.807) is 16.5 Å². The molecule has 1 saturated carbocycles. The van der Waals surface area contributed by atoms with Gasteiger partial charge < -0.3 is 5.84 Å². The van der Waals surface area contributed by atoms with Crippen molar-refractivity contribution in [1.82, 2.24) is 19.9 Å². The number of rotatable bonds is 6. The van der Waals surface area contributed by atoms with Crippen molar-refractivity contribution in [3.63, 3.8) is 0 Å². The highest BCUT2D eigenvalue weighted by atomic mass is 32.2. The van der Waals surface area contributed by atoms with Crippen molar-refractivity contribution in [3.05, 3.63) is 47.2 Å². The summed E-state index contributed by atoms with van der Waals surface area (Å²) in [6, 6.07) is 9.52. The van der Waals surface area contributed by atoms with Gasteiger partial charge in [0.1, 0.15) is 0 Å². The largest absolute Gasteiger partial charge is 0.336 e. The predicted octanol–water partition coefficient (Wildman–Crippen LogP) is 3.30. The first-order valence-corrected chi connectivity index (χ1v) is 10.1. The third kappa shape index (κ3) is 3.45. The summed E-state index contributed by atoms with van der Waals surface area (Å²) in [6.07, 6.45) is 2.27. The van der Waals surface area contributed by atoms with E-state index in [9.17, 15) is 4.79 Å². The van der Waals surface area contributed by atoms with E-state index in [1.807, 2.05) is 35.7 Å². The molecular weight excluding hydrogens is 368 g/mol. The Morgan fingerprint density at radius 2 is 2.12 bits per heavy atom. The smallest absolute Gasteiger partial charge is 0.230 e. The molecule has 0 unspecified atom stereocenters. The lowest BCUT2D eigenvalue weighted by atomic mass is 10.3. The van der Waals surface area contributed by atoms with Crippen LogP contribution in [0, 0.1) is 0 Å². The van der Waals surface area contributed by atoms with Crippen LogP contribution >= 0.6 is 23.1 Å². The Balaban J connectivity index is 1.48. The van der Waals surface area contributed by atoms with E-state index in [-0.39, 0.29) is 5.91 Å². The van der Waals surface area contributed by atoms with Crippen LogP contribution in [0.15, 0.2) is 40.9 Å². The van der Waals surface area contributed by atoms with Gasteiger partial charge in [0, 0.05) is 24.0 Å². The van der Waals surface area contributed by atoms with Gasteiger partial charge in [0.05, 0.1) is 11.4 Å². The summed E-state index contributed by atoms with van der Waals surface area (Å²) in [5.41, 5.74) is 1.69. The Morgan fingerprint density at radius 3 is 2.81 bits per heavy atom. The molecule has 0 saturated heterocycles. The minimum absolute atomic E-state index is 0.0690. The fourth-order valence-electron chi connectivity index (χ4n) is 2.61. The van der Waals surface area contributed by atoms with Crippen LogP contribution in [0.5, 0.6) is 0 Å². The summed E-state index contributed by atoms with van der Waals surface area (Å²) in [5, 5.41) is 11.7. The molecule has 26 heavy (non-hydrogen) atoms. The highest BCUT2D eigenvalue weighted by Gasteiger charge is 2.30. The molecular formula is C17H18N6OS2. The molecule has 0 radical (unpaired) electrons. The van der Waals surface area contributed by atoms with Gasteiger partial charge in [-0.05, 0) is 25.0 Å². The zero-order valence-electron chi connectivity index (χ0n) is 14.2. The first kappa shape index (κ1) is 17.0. The summed E-state index contributed by atoms with van der Waals surface area (Å²) >= 11 is 2.95. The van der Waals surface area contributed by atoms with E-state index in [0.717, 1.165) is 30.0 Å². The Bertz CT molecular complexity index is 918. The zero-order valence-corrected chi connectivity index (χ0v) is 15.8. The van der Waals surface area contributed by atoms with Crippen LogP contribution in [0.1, 0.15) is 37.2 Å². The van der Waals surface area contributed by atoms with Gasteiger partial charge in [0.25, 0.3) is 0 Å². The van der Waals surface area contributed by atoms with Crippen molar-refractivity contribution in [2.24, 2.45) is 0 Å². The Labute approximate surface area is 159 Å². The topological polar surface area (TPSA) is 89.9 Å². The maximum atomic E-state index is 12.1. The van der Waals surface area contributed by atoms with Gasteiger partial charge in [-0.2, -0.15) is 0 Å². The summed E-state index contributed by atoms with van der Waals surface area (Å²) in [6.45, 7) is 1.54. The maximum absolute atomic E-state index is 12.1. The maximum Gasteiger partial charge on any atom is 0.230 e. The molecule has 4 rings (SSSR count). The van der Waals surface area contributed by atoms with E-state index in [4.69, 9.17) is 5.84 Å². The van der Waals surface area contributed by atoms with Crippen LogP contribution in [0.4, 0.5) is 10.8 Å². The zero-order chi connectivity index (χ0) is 18.1. The lowest BCUT2D eigenvalue weighted by Crippen LogP contribution is -2.22. The molecule has 0 spiro atoms. The molecule has 134 valence electrons. The van der Waals surface area contributed by atoms with Crippen LogP contribution in [-0.4, -0.2) is 25.8 Å². The normalized spacial score (nSPS) is 13.7. The van der Waals surface area contributed by atoms with Gasteiger partial charge in [-0.3, -0.25) is 9.69 Å². The lowest BCUT2D eigenvalue weighted by Gasteiger charge is -2.17. The molecule has 1 aliphatic rings. The third-order valence-electron chi connectivity index (χ3n) is 4.04. The number of nitrogens with zero attached hydrogens (tertiary/aromatic N) is 5. The SMILES string of the molecule is CC(=O)N(c1ccccc1)c1nc(CSc2nnc(C3CC3)n2N)cs1. The van der Waals surface area contributed by atoms with Crippen molar-refractivity contribution in [1.29, 1.82) is 0 Å². The number of amides is 1. The highest BCUT2D eigenvalue weighted by Crippen LogP contribution is 2.39.